The molecule has 0 aromatic heterocycles. The minimum Gasteiger partial charge on any atom is -0.401 e. The Morgan fingerprint density at radius 2 is 1.15 bits per heavy atom. The second-order valence-corrected chi connectivity index (χ2v) is 12.4. The second kappa shape index (κ2) is 17.8. The van der Waals surface area contributed by atoms with Crippen LogP contribution in [-0.4, -0.2) is 40.2 Å². The summed E-state index contributed by atoms with van der Waals surface area (Å²) in [4.78, 5) is 18.4. The number of thioether (sulfide) groups is 1. The van der Waals surface area contributed by atoms with Crippen molar-refractivity contribution in [3.63, 3.8) is 0 Å². The summed E-state index contributed by atoms with van der Waals surface area (Å²) in [6, 6.07) is 0. The molecule has 0 spiro atoms. The number of rotatable bonds is 20. The first-order valence-electron chi connectivity index (χ1n) is 14.1. The molecule has 0 bridgehead atoms. The fourth-order valence-corrected chi connectivity index (χ4v) is 5.51. The summed E-state index contributed by atoms with van der Waals surface area (Å²) in [7, 11) is 0. The summed E-state index contributed by atoms with van der Waals surface area (Å²) >= 11 is 1.34. The van der Waals surface area contributed by atoms with E-state index in [0.717, 1.165) is 12.2 Å². The fourth-order valence-electron chi connectivity index (χ4n) is 4.78. The third kappa shape index (κ3) is 13.5. The second-order valence-electron chi connectivity index (χ2n) is 11.4. The molecule has 0 atom stereocenters. The van der Waals surface area contributed by atoms with Crippen LogP contribution in [0, 0.1) is 0 Å². The van der Waals surface area contributed by atoms with Gasteiger partial charge >= 0.3 is 0 Å². The number of nitrogens with zero attached hydrogens (tertiary/aromatic N) is 1. The van der Waals surface area contributed by atoms with Crippen molar-refractivity contribution in [1.29, 1.82) is 0 Å². The van der Waals surface area contributed by atoms with Gasteiger partial charge in [-0.2, -0.15) is 0 Å². The van der Waals surface area contributed by atoms with Crippen LogP contribution < -0.4 is 0 Å². The first kappa shape index (κ1) is 31.5. The highest BCUT2D eigenvalue weighted by atomic mass is 32.2. The molecule has 0 aromatic rings. The molecular weight excluding hydrogens is 442 g/mol. The van der Waals surface area contributed by atoms with E-state index < -0.39 is 0 Å². The van der Waals surface area contributed by atoms with E-state index in [-0.39, 0.29) is 22.0 Å². The molecule has 0 aliphatic carbocycles. The van der Waals surface area contributed by atoms with Gasteiger partial charge in [0.1, 0.15) is 0 Å². The van der Waals surface area contributed by atoms with Gasteiger partial charge in [0, 0.05) is 5.75 Å². The predicted octanol–water partition coefficient (Wildman–Crippen LogP) is 8.84. The lowest BCUT2D eigenvalue weighted by atomic mass is 9.95. The fraction of sp³-hybridized carbons (Fsp3) is 0.897. The Morgan fingerprint density at radius 1 is 0.765 bits per heavy atom. The van der Waals surface area contributed by atoms with Gasteiger partial charge in [0.05, 0.1) is 24.3 Å². The van der Waals surface area contributed by atoms with E-state index in [1.54, 1.807) is 0 Å². The average molecular weight is 498 g/mol. The van der Waals surface area contributed by atoms with E-state index in [1.165, 1.54) is 108 Å². The van der Waals surface area contributed by atoms with Crippen molar-refractivity contribution in [3.8, 4) is 0 Å². The van der Waals surface area contributed by atoms with Gasteiger partial charge in [-0.25, -0.2) is 0 Å². The summed E-state index contributed by atoms with van der Waals surface area (Å²) < 4.78 is 5.70. The Bertz CT molecular complexity index is 546. The van der Waals surface area contributed by atoms with Gasteiger partial charge in [-0.05, 0) is 40.7 Å². The lowest BCUT2D eigenvalue weighted by Gasteiger charge is -2.50. The third-order valence-electron chi connectivity index (χ3n) is 6.67. The number of carbonyl (C=O) groups excluding carboxylic acids is 1. The largest absolute Gasteiger partial charge is 0.401 e. The zero-order valence-electron chi connectivity index (χ0n) is 23.2. The van der Waals surface area contributed by atoms with Crippen LogP contribution in [0.4, 0.5) is 0 Å². The van der Waals surface area contributed by atoms with Crippen LogP contribution >= 0.6 is 11.8 Å². The maximum Gasteiger partial charge on any atom is 0.255 e. The maximum atomic E-state index is 12.5. The van der Waals surface area contributed by atoms with E-state index in [1.807, 2.05) is 5.06 Å². The minimum atomic E-state index is -0.302. The monoisotopic (exact) mass is 497 g/mol. The van der Waals surface area contributed by atoms with Crippen molar-refractivity contribution in [1.82, 2.24) is 5.06 Å². The van der Waals surface area contributed by atoms with Crippen LogP contribution in [0.15, 0.2) is 12.3 Å². The molecule has 1 aliphatic rings. The molecule has 0 N–H and O–H groups in total. The van der Waals surface area contributed by atoms with E-state index in [2.05, 4.69) is 41.2 Å². The number of hydrogen-bond acceptors (Lipinski definition) is 5. The molecule has 34 heavy (non-hydrogen) atoms. The van der Waals surface area contributed by atoms with E-state index in [9.17, 15) is 4.79 Å². The number of carbonyl (C=O) groups is 1. The Kier molecular flexibility index (Phi) is 16.5. The van der Waals surface area contributed by atoms with Crippen LogP contribution in [0.3, 0.4) is 0 Å². The molecule has 0 unspecified atom stereocenters. The molecule has 1 heterocycles. The summed E-state index contributed by atoms with van der Waals surface area (Å²) in [6.45, 7) is 15.6. The van der Waals surface area contributed by atoms with Crippen LogP contribution in [-0.2, 0) is 14.4 Å². The Hall–Kier alpha value is -0.520. The number of ether oxygens (including phenoxy) is 1. The maximum absolute atomic E-state index is 12.5. The van der Waals surface area contributed by atoms with Gasteiger partial charge < -0.3 is 9.57 Å². The smallest absolute Gasteiger partial charge is 0.255 e. The van der Waals surface area contributed by atoms with Crippen LogP contribution in [0.5, 0.6) is 0 Å². The van der Waals surface area contributed by atoms with E-state index in [4.69, 9.17) is 9.57 Å². The van der Waals surface area contributed by atoms with Gasteiger partial charge in [-0.1, -0.05) is 115 Å². The molecule has 1 aliphatic heterocycles. The third-order valence-corrected chi connectivity index (χ3v) is 7.65. The molecule has 1 rings (SSSR count). The Labute approximate surface area is 215 Å². The molecule has 5 heteroatoms. The van der Waals surface area contributed by atoms with Crippen molar-refractivity contribution in [2.75, 3.05) is 19.0 Å². The highest BCUT2D eigenvalue weighted by molar-refractivity contribution is 8.14. The SMILES string of the molecule is C=C(ON1C(C)(C)COCC1(C)C)C(=O)SCCCCCCCCCCCCCCCCCC. The zero-order chi connectivity index (χ0) is 25.3. The van der Waals surface area contributed by atoms with Crippen LogP contribution in [0.25, 0.3) is 0 Å². The number of hydroxylamine groups is 2. The predicted molar refractivity (Wildman–Crippen MR) is 148 cm³/mol. The molecule has 0 aromatic carbocycles. The molecular formula is C29H55NO3S. The highest BCUT2D eigenvalue weighted by Crippen LogP contribution is 2.32. The van der Waals surface area contributed by atoms with E-state index >= 15 is 0 Å². The topological polar surface area (TPSA) is 38.8 Å². The van der Waals surface area contributed by atoms with Crippen molar-refractivity contribution >= 4 is 16.9 Å². The molecule has 4 nitrogen and oxygen atoms in total. The first-order chi connectivity index (χ1) is 16.2. The number of hydrogen-bond donors (Lipinski definition) is 0. The summed E-state index contributed by atoms with van der Waals surface area (Å²) in [5, 5.41) is 1.83. The molecule has 1 saturated heterocycles. The summed E-state index contributed by atoms with van der Waals surface area (Å²) in [6.07, 6.45) is 21.8. The Balaban J connectivity index is 1.96. The van der Waals surface area contributed by atoms with Crippen molar-refractivity contribution < 1.29 is 14.4 Å². The minimum absolute atomic E-state index is 0.0564. The standard InChI is InChI=1S/C29H55NO3S/c1-7-8-9-10-11-12-13-14-15-16-17-18-19-20-21-22-23-34-27(31)26(2)33-30-28(3,4)24-32-25-29(30,5)6/h2,7-25H2,1,3-6H3. The number of morpholine rings is 1. The van der Waals surface area contributed by atoms with Gasteiger partial charge in [0.25, 0.3) is 5.12 Å². The first-order valence-corrected chi connectivity index (χ1v) is 15.1. The van der Waals surface area contributed by atoms with Gasteiger partial charge in [-0.3, -0.25) is 4.79 Å². The summed E-state index contributed by atoms with van der Waals surface area (Å²) in [5.41, 5.74) is -0.604. The van der Waals surface area contributed by atoms with Gasteiger partial charge in [-0.15, -0.1) is 5.06 Å². The van der Waals surface area contributed by atoms with Crippen molar-refractivity contribution in [2.24, 2.45) is 0 Å². The molecule has 0 amide bonds. The molecule has 200 valence electrons. The zero-order valence-corrected chi connectivity index (χ0v) is 24.0. The van der Waals surface area contributed by atoms with Gasteiger partial charge in [0.2, 0.25) is 0 Å². The molecule has 1 fully saturated rings. The van der Waals surface area contributed by atoms with E-state index in [0.29, 0.717) is 13.2 Å². The number of unbranched alkanes of at least 4 members (excludes halogenated alkanes) is 15. The van der Waals surface area contributed by atoms with Crippen LogP contribution in [0.2, 0.25) is 0 Å². The Morgan fingerprint density at radius 3 is 1.56 bits per heavy atom. The molecule has 0 radical (unpaired) electrons. The lowest BCUT2D eigenvalue weighted by Crippen LogP contribution is -2.63. The quantitative estimate of drug-likeness (QED) is 0.0954. The summed E-state index contributed by atoms with van der Waals surface area (Å²) in [5.74, 6) is 1.07. The van der Waals surface area contributed by atoms with Gasteiger partial charge in [0.15, 0.2) is 5.76 Å². The van der Waals surface area contributed by atoms with Crippen LogP contribution in [0.1, 0.15) is 137 Å². The highest BCUT2D eigenvalue weighted by Gasteiger charge is 2.45. The molecule has 0 saturated carbocycles. The average Bonchev–Trinajstić information content (AvgIpc) is 2.77. The normalized spacial score (nSPS) is 17.6. The van der Waals surface area contributed by atoms with Crippen molar-refractivity contribution in [2.45, 2.75) is 148 Å². The lowest BCUT2D eigenvalue weighted by molar-refractivity contribution is -0.286. The van der Waals surface area contributed by atoms with Crippen molar-refractivity contribution in [3.05, 3.63) is 12.3 Å².